The number of hydrogen-bond acceptors (Lipinski definition) is 2. The molecule has 4 N–H and O–H groups in total. The summed E-state index contributed by atoms with van der Waals surface area (Å²) >= 11 is 0. The second-order valence-electron chi connectivity index (χ2n) is 4.90. The highest BCUT2D eigenvalue weighted by Crippen LogP contribution is 2.17. The number of carbonyl (C=O) groups excluding carboxylic acids is 1. The normalized spacial score (nSPS) is 12.3. The van der Waals surface area contributed by atoms with Crippen LogP contribution in [0.4, 0.5) is 10.5 Å². The minimum Gasteiger partial charge on any atom is -0.477 e. The summed E-state index contributed by atoms with van der Waals surface area (Å²) in [5.41, 5.74) is 0.954. The molecule has 0 spiro atoms. The van der Waals surface area contributed by atoms with Crippen LogP contribution >= 0.6 is 0 Å². The van der Waals surface area contributed by atoms with Gasteiger partial charge in [-0.2, -0.15) is 0 Å². The molecule has 2 amide bonds. The van der Waals surface area contributed by atoms with E-state index in [-0.39, 0.29) is 23.5 Å². The molecule has 6 nitrogen and oxygen atoms in total. The first-order valence-corrected chi connectivity index (χ1v) is 6.35. The average Bonchev–Trinajstić information content (AvgIpc) is 2.66. The summed E-state index contributed by atoms with van der Waals surface area (Å²) in [4.78, 5) is 25.5. The van der Waals surface area contributed by atoms with Crippen molar-refractivity contribution >= 4 is 17.7 Å². The molecule has 1 heterocycles. The van der Waals surface area contributed by atoms with E-state index < -0.39 is 5.97 Å². The van der Waals surface area contributed by atoms with Crippen molar-refractivity contribution in [2.45, 2.75) is 40.2 Å². The molecule has 0 bridgehead atoms. The lowest BCUT2D eigenvalue weighted by molar-refractivity contribution is 0.0692. The van der Waals surface area contributed by atoms with Crippen LogP contribution in [-0.4, -0.2) is 28.1 Å². The minimum absolute atomic E-state index is 0.00903. The average molecular weight is 267 g/mol. The molecule has 0 aliphatic rings. The topological polar surface area (TPSA) is 94.2 Å². The lowest BCUT2D eigenvalue weighted by Gasteiger charge is -2.20. The lowest BCUT2D eigenvalue weighted by atomic mass is 10.0. The number of nitrogens with one attached hydrogen (secondary N) is 3. The number of aryl methyl sites for hydroxylation is 1. The molecule has 0 aromatic carbocycles. The number of amides is 2. The maximum absolute atomic E-state index is 11.8. The lowest BCUT2D eigenvalue weighted by Crippen LogP contribution is -2.40. The van der Waals surface area contributed by atoms with E-state index in [9.17, 15) is 9.59 Å². The van der Waals surface area contributed by atoms with Gasteiger partial charge < -0.3 is 20.7 Å². The molecule has 6 heteroatoms. The summed E-state index contributed by atoms with van der Waals surface area (Å²) in [5, 5.41) is 14.4. The summed E-state index contributed by atoms with van der Waals surface area (Å²) in [6.45, 7) is 7.78. The van der Waals surface area contributed by atoms with Gasteiger partial charge in [0.25, 0.3) is 0 Å². The largest absolute Gasteiger partial charge is 0.477 e. The fraction of sp³-hybridized carbons (Fsp3) is 0.538. The van der Waals surface area contributed by atoms with E-state index in [4.69, 9.17) is 5.11 Å². The maximum atomic E-state index is 11.8. The predicted octanol–water partition coefficient (Wildman–Crippen LogP) is 2.58. The number of carboxylic acid groups (broad SMARTS) is 1. The Morgan fingerprint density at radius 3 is 2.53 bits per heavy atom. The summed E-state index contributed by atoms with van der Waals surface area (Å²) in [5.74, 6) is -0.776. The van der Waals surface area contributed by atoms with Gasteiger partial charge in [-0.1, -0.05) is 20.8 Å². The first kappa shape index (κ1) is 15.1. The highest BCUT2D eigenvalue weighted by Gasteiger charge is 2.18. The standard InChI is InChI=1S/C13H21N3O3/c1-5-9(7(2)3)15-13(19)16-10-6-8(4)14-11(10)12(17)18/h6-7,9,14H,5H2,1-4H3,(H,17,18)(H2,15,16,19). The van der Waals surface area contributed by atoms with Gasteiger partial charge in [-0.15, -0.1) is 0 Å². The molecule has 1 unspecified atom stereocenters. The summed E-state index contributed by atoms with van der Waals surface area (Å²) < 4.78 is 0. The van der Waals surface area contributed by atoms with Gasteiger partial charge in [0.1, 0.15) is 5.69 Å². The number of rotatable bonds is 5. The van der Waals surface area contributed by atoms with Crippen molar-refractivity contribution in [3.05, 3.63) is 17.5 Å². The van der Waals surface area contributed by atoms with E-state index in [1.807, 2.05) is 20.8 Å². The van der Waals surface area contributed by atoms with E-state index in [2.05, 4.69) is 15.6 Å². The number of aromatic nitrogens is 1. The number of urea groups is 1. The van der Waals surface area contributed by atoms with Gasteiger partial charge in [-0.05, 0) is 25.3 Å². The minimum atomic E-state index is -1.10. The second-order valence-corrected chi connectivity index (χ2v) is 4.90. The zero-order valence-corrected chi connectivity index (χ0v) is 11.7. The Morgan fingerprint density at radius 2 is 2.05 bits per heavy atom. The third-order valence-corrected chi connectivity index (χ3v) is 2.98. The zero-order chi connectivity index (χ0) is 14.6. The number of carbonyl (C=O) groups is 2. The number of carboxylic acids is 1. The number of hydrogen-bond donors (Lipinski definition) is 4. The zero-order valence-electron chi connectivity index (χ0n) is 11.7. The third-order valence-electron chi connectivity index (χ3n) is 2.98. The first-order valence-electron chi connectivity index (χ1n) is 6.35. The van der Waals surface area contributed by atoms with Crippen LogP contribution in [-0.2, 0) is 0 Å². The highest BCUT2D eigenvalue weighted by molar-refractivity contribution is 5.99. The van der Waals surface area contributed by atoms with Gasteiger partial charge in [0.05, 0.1) is 5.69 Å². The summed E-state index contributed by atoms with van der Waals surface area (Å²) in [6, 6.07) is 1.27. The second kappa shape index (κ2) is 6.26. The Hall–Kier alpha value is -1.98. The van der Waals surface area contributed by atoms with E-state index in [1.54, 1.807) is 13.0 Å². The molecule has 19 heavy (non-hydrogen) atoms. The highest BCUT2D eigenvalue weighted by atomic mass is 16.4. The van der Waals surface area contributed by atoms with Gasteiger partial charge in [0.15, 0.2) is 0 Å². The molecular weight excluding hydrogens is 246 g/mol. The molecule has 0 fully saturated rings. The van der Waals surface area contributed by atoms with Crippen molar-refractivity contribution in [1.82, 2.24) is 10.3 Å². The Bertz CT molecular complexity index is 466. The van der Waals surface area contributed by atoms with Gasteiger partial charge in [0.2, 0.25) is 0 Å². The quantitative estimate of drug-likeness (QED) is 0.660. The molecule has 0 aliphatic carbocycles. The predicted molar refractivity (Wildman–Crippen MR) is 73.6 cm³/mol. The van der Waals surface area contributed by atoms with Crippen LogP contribution in [0.5, 0.6) is 0 Å². The molecule has 1 aromatic rings. The number of aromatic amines is 1. The number of H-pyrrole nitrogens is 1. The molecule has 0 aliphatic heterocycles. The Kier molecular flexibility index (Phi) is 4.97. The van der Waals surface area contributed by atoms with Crippen molar-refractivity contribution in [3.63, 3.8) is 0 Å². The molecular formula is C13H21N3O3. The van der Waals surface area contributed by atoms with Gasteiger partial charge in [-0.3, -0.25) is 0 Å². The van der Waals surface area contributed by atoms with Crippen molar-refractivity contribution < 1.29 is 14.7 Å². The van der Waals surface area contributed by atoms with Crippen LogP contribution in [0.15, 0.2) is 6.07 Å². The molecule has 0 saturated carbocycles. The Labute approximate surface area is 112 Å². The van der Waals surface area contributed by atoms with Crippen molar-refractivity contribution in [2.24, 2.45) is 5.92 Å². The van der Waals surface area contributed by atoms with Crippen LogP contribution in [0.2, 0.25) is 0 Å². The molecule has 1 aromatic heterocycles. The third kappa shape index (κ3) is 4.01. The van der Waals surface area contributed by atoms with Crippen molar-refractivity contribution in [3.8, 4) is 0 Å². The van der Waals surface area contributed by atoms with Crippen LogP contribution in [0.1, 0.15) is 43.4 Å². The number of anilines is 1. The van der Waals surface area contributed by atoms with Gasteiger partial charge in [-0.25, -0.2) is 9.59 Å². The summed E-state index contributed by atoms with van der Waals surface area (Å²) in [6.07, 6.45) is 0.822. The monoisotopic (exact) mass is 267 g/mol. The van der Waals surface area contributed by atoms with E-state index in [0.29, 0.717) is 11.6 Å². The van der Waals surface area contributed by atoms with Crippen LogP contribution in [0.25, 0.3) is 0 Å². The van der Waals surface area contributed by atoms with Crippen LogP contribution in [0.3, 0.4) is 0 Å². The summed E-state index contributed by atoms with van der Waals surface area (Å²) in [7, 11) is 0. The molecule has 1 atom stereocenters. The van der Waals surface area contributed by atoms with Crippen molar-refractivity contribution in [2.75, 3.05) is 5.32 Å². The van der Waals surface area contributed by atoms with E-state index >= 15 is 0 Å². The van der Waals surface area contributed by atoms with Gasteiger partial charge in [0, 0.05) is 11.7 Å². The molecule has 0 saturated heterocycles. The van der Waals surface area contributed by atoms with E-state index in [0.717, 1.165) is 6.42 Å². The fourth-order valence-corrected chi connectivity index (χ4v) is 1.92. The Morgan fingerprint density at radius 1 is 1.42 bits per heavy atom. The first-order chi connectivity index (χ1) is 8.85. The smallest absolute Gasteiger partial charge is 0.354 e. The van der Waals surface area contributed by atoms with Crippen LogP contribution in [0, 0.1) is 12.8 Å². The van der Waals surface area contributed by atoms with E-state index in [1.165, 1.54) is 0 Å². The molecule has 1 rings (SSSR count). The van der Waals surface area contributed by atoms with Gasteiger partial charge >= 0.3 is 12.0 Å². The van der Waals surface area contributed by atoms with Crippen LogP contribution < -0.4 is 10.6 Å². The maximum Gasteiger partial charge on any atom is 0.354 e. The molecule has 0 radical (unpaired) electrons. The Balaban J connectivity index is 2.74. The fourth-order valence-electron chi connectivity index (χ4n) is 1.92. The van der Waals surface area contributed by atoms with Crippen molar-refractivity contribution in [1.29, 1.82) is 0 Å². The SMILES string of the molecule is CCC(NC(=O)Nc1cc(C)[nH]c1C(=O)O)C(C)C. The number of aromatic carboxylic acids is 1. The molecule has 106 valence electrons.